The van der Waals surface area contributed by atoms with Crippen LogP contribution in [0.5, 0.6) is 0 Å². The zero-order valence-corrected chi connectivity index (χ0v) is 17.9. The third kappa shape index (κ3) is 9.73. The number of unbranched alkanes of at least 4 members (excludes halogenated alkanes) is 9. The van der Waals surface area contributed by atoms with E-state index in [0.29, 0.717) is 12.2 Å². The first-order chi connectivity index (χ1) is 14.7. The van der Waals surface area contributed by atoms with Gasteiger partial charge >= 0.3 is 11.9 Å². The fourth-order valence-corrected chi connectivity index (χ4v) is 3.52. The quantitative estimate of drug-likeness (QED) is 0.262. The van der Waals surface area contributed by atoms with Gasteiger partial charge in [-0.15, -0.1) is 0 Å². The molecule has 0 unspecified atom stereocenters. The third-order valence-corrected chi connectivity index (χ3v) is 5.28. The maximum Gasteiger partial charge on any atom is 0.338 e. The van der Waals surface area contributed by atoms with Crippen LogP contribution in [0.3, 0.4) is 0 Å². The lowest BCUT2D eigenvalue weighted by Gasteiger charge is -2.06. The normalized spacial score (nSPS) is 10.7. The van der Waals surface area contributed by atoms with Gasteiger partial charge in [0.25, 0.3) is 0 Å². The molecule has 2 rings (SSSR count). The van der Waals surface area contributed by atoms with Gasteiger partial charge < -0.3 is 9.84 Å². The van der Waals surface area contributed by atoms with Gasteiger partial charge in [-0.1, -0.05) is 87.8 Å². The van der Waals surface area contributed by atoms with Crippen LogP contribution >= 0.6 is 0 Å². The smallest absolute Gasteiger partial charge is 0.338 e. The first kappa shape index (κ1) is 23.7. The van der Waals surface area contributed by atoms with Crippen molar-refractivity contribution < 1.29 is 19.4 Å². The maximum atomic E-state index is 12.0. The van der Waals surface area contributed by atoms with E-state index in [1.165, 1.54) is 75.5 Å². The Morgan fingerprint density at radius 2 is 1.23 bits per heavy atom. The van der Waals surface area contributed by atoms with Crippen LogP contribution in [0.2, 0.25) is 0 Å². The number of carbonyl (C=O) groups excluding carboxylic acids is 1. The molecule has 4 nitrogen and oxygen atoms in total. The molecule has 0 saturated carbocycles. The van der Waals surface area contributed by atoms with Gasteiger partial charge in [0, 0.05) is 0 Å². The molecule has 0 atom stereocenters. The van der Waals surface area contributed by atoms with E-state index in [-0.39, 0.29) is 5.56 Å². The highest BCUT2D eigenvalue weighted by molar-refractivity contribution is 5.94. The third-order valence-electron chi connectivity index (χ3n) is 5.28. The van der Waals surface area contributed by atoms with Crippen LogP contribution in [-0.4, -0.2) is 23.7 Å². The van der Waals surface area contributed by atoms with Gasteiger partial charge in [0.1, 0.15) is 0 Å². The molecule has 4 heteroatoms. The molecule has 30 heavy (non-hydrogen) atoms. The van der Waals surface area contributed by atoms with Gasteiger partial charge in [-0.3, -0.25) is 0 Å². The van der Waals surface area contributed by atoms with E-state index in [9.17, 15) is 9.59 Å². The van der Waals surface area contributed by atoms with Crippen molar-refractivity contribution >= 4 is 11.9 Å². The van der Waals surface area contributed by atoms with Crippen molar-refractivity contribution in [3.8, 4) is 0 Å². The zero-order chi connectivity index (χ0) is 21.4. The summed E-state index contributed by atoms with van der Waals surface area (Å²) < 4.78 is 5.25. The summed E-state index contributed by atoms with van der Waals surface area (Å²) in [6.45, 7) is 0.386. The molecule has 162 valence electrons. The summed E-state index contributed by atoms with van der Waals surface area (Å²) in [7, 11) is 0. The van der Waals surface area contributed by atoms with Crippen molar-refractivity contribution in [2.24, 2.45) is 0 Å². The molecule has 0 heterocycles. The van der Waals surface area contributed by atoms with Crippen molar-refractivity contribution in [3.05, 3.63) is 71.3 Å². The molecule has 0 aliphatic rings. The number of rotatable bonds is 15. The molecule has 0 aliphatic heterocycles. The Balaban J connectivity index is 1.39. The number of hydrogen-bond acceptors (Lipinski definition) is 3. The summed E-state index contributed by atoms with van der Waals surface area (Å²) in [5.74, 6) is -1.50. The summed E-state index contributed by atoms with van der Waals surface area (Å²) in [6, 6.07) is 16.7. The number of ether oxygens (including phenoxy) is 1. The van der Waals surface area contributed by atoms with Crippen molar-refractivity contribution in [2.45, 2.75) is 70.6 Å². The van der Waals surface area contributed by atoms with Crippen molar-refractivity contribution in [1.82, 2.24) is 0 Å². The Bertz CT molecular complexity index is 755. The standard InChI is InChI=1S/C26H34O4/c27-25(28)23-18-14-19-24(21-23)26(29)30-20-13-8-6-4-2-1-3-5-7-10-15-22-16-11-9-12-17-22/h9,11-12,14,16-19,21H,1-8,10,13,15,20H2,(H,27,28). The molecule has 0 saturated heterocycles. The highest BCUT2D eigenvalue weighted by atomic mass is 16.5. The number of aromatic carboxylic acids is 1. The molecule has 0 bridgehead atoms. The highest BCUT2D eigenvalue weighted by Gasteiger charge is 2.10. The number of hydrogen-bond donors (Lipinski definition) is 1. The lowest BCUT2D eigenvalue weighted by Crippen LogP contribution is -2.08. The second-order valence-corrected chi connectivity index (χ2v) is 7.79. The maximum absolute atomic E-state index is 12.0. The first-order valence-corrected chi connectivity index (χ1v) is 11.2. The van der Waals surface area contributed by atoms with E-state index in [2.05, 4.69) is 30.3 Å². The van der Waals surface area contributed by atoms with Crippen molar-refractivity contribution in [1.29, 1.82) is 0 Å². The lowest BCUT2D eigenvalue weighted by molar-refractivity contribution is 0.0497. The number of esters is 1. The van der Waals surface area contributed by atoms with E-state index < -0.39 is 11.9 Å². The Morgan fingerprint density at radius 3 is 1.87 bits per heavy atom. The second kappa shape index (κ2) is 14.4. The average molecular weight is 411 g/mol. The Kier molecular flexibility index (Phi) is 11.3. The summed E-state index contributed by atoms with van der Waals surface area (Å²) in [4.78, 5) is 22.9. The van der Waals surface area contributed by atoms with Crippen LogP contribution in [0.4, 0.5) is 0 Å². The minimum absolute atomic E-state index is 0.0978. The summed E-state index contributed by atoms with van der Waals surface area (Å²) in [5, 5.41) is 8.97. The van der Waals surface area contributed by atoms with Crippen LogP contribution in [0.15, 0.2) is 54.6 Å². The molecule has 1 N–H and O–H groups in total. The molecule has 0 radical (unpaired) electrons. The number of carboxylic acids is 1. The molecule has 0 aromatic heterocycles. The molecule has 2 aromatic carbocycles. The number of benzene rings is 2. The highest BCUT2D eigenvalue weighted by Crippen LogP contribution is 2.13. The Labute approximate surface area is 180 Å². The Morgan fingerprint density at radius 1 is 0.667 bits per heavy atom. The van der Waals surface area contributed by atoms with Gasteiger partial charge in [-0.25, -0.2) is 9.59 Å². The summed E-state index contributed by atoms with van der Waals surface area (Å²) in [6.07, 6.45) is 13.3. The topological polar surface area (TPSA) is 63.6 Å². The predicted molar refractivity (Wildman–Crippen MR) is 120 cm³/mol. The monoisotopic (exact) mass is 410 g/mol. The van der Waals surface area contributed by atoms with E-state index in [0.717, 1.165) is 12.8 Å². The van der Waals surface area contributed by atoms with E-state index in [1.807, 2.05) is 0 Å². The van der Waals surface area contributed by atoms with Gasteiger partial charge in [0.2, 0.25) is 0 Å². The second-order valence-electron chi connectivity index (χ2n) is 7.79. The van der Waals surface area contributed by atoms with Gasteiger partial charge in [0.15, 0.2) is 0 Å². The van der Waals surface area contributed by atoms with Gasteiger partial charge in [-0.05, 0) is 43.0 Å². The van der Waals surface area contributed by atoms with Gasteiger partial charge in [-0.2, -0.15) is 0 Å². The fraction of sp³-hybridized carbons (Fsp3) is 0.462. The number of aryl methyl sites for hydroxylation is 1. The minimum Gasteiger partial charge on any atom is -0.478 e. The SMILES string of the molecule is O=C(O)c1cccc(C(=O)OCCCCCCCCCCCCc2ccccc2)c1. The largest absolute Gasteiger partial charge is 0.478 e. The number of carboxylic acid groups (broad SMARTS) is 1. The molecule has 0 fully saturated rings. The summed E-state index contributed by atoms with van der Waals surface area (Å²) >= 11 is 0. The first-order valence-electron chi connectivity index (χ1n) is 11.2. The zero-order valence-electron chi connectivity index (χ0n) is 17.9. The fourth-order valence-electron chi connectivity index (χ4n) is 3.52. The van der Waals surface area contributed by atoms with Crippen molar-refractivity contribution in [2.75, 3.05) is 6.61 Å². The van der Waals surface area contributed by atoms with Crippen molar-refractivity contribution in [3.63, 3.8) is 0 Å². The van der Waals surface area contributed by atoms with Crippen LogP contribution in [0.25, 0.3) is 0 Å². The number of carbonyl (C=O) groups is 2. The van der Waals surface area contributed by atoms with E-state index in [4.69, 9.17) is 9.84 Å². The summed E-state index contributed by atoms with van der Waals surface area (Å²) in [5.41, 5.74) is 1.83. The molecule has 2 aromatic rings. The van der Waals surface area contributed by atoms with Crippen LogP contribution < -0.4 is 0 Å². The Hall–Kier alpha value is -2.62. The van der Waals surface area contributed by atoms with Crippen LogP contribution in [0.1, 0.15) is 90.5 Å². The molecule has 0 amide bonds. The van der Waals surface area contributed by atoms with E-state index in [1.54, 1.807) is 12.1 Å². The molecule has 0 spiro atoms. The predicted octanol–water partition coefficient (Wildman–Crippen LogP) is 6.69. The molecule has 0 aliphatic carbocycles. The minimum atomic E-state index is -1.04. The average Bonchev–Trinajstić information content (AvgIpc) is 2.77. The lowest BCUT2D eigenvalue weighted by atomic mass is 10.0. The van der Waals surface area contributed by atoms with Crippen LogP contribution in [0, 0.1) is 0 Å². The molecular weight excluding hydrogens is 376 g/mol. The van der Waals surface area contributed by atoms with Crippen LogP contribution in [-0.2, 0) is 11.2 Å². The van der Waals surface area contributed by atoms with E-state index >= 15 is 0 Å². The van der Waals surface area contributed by atoms with Gasteiger partial charge in [0.05, 0.1) is 17.7 Å². The molecular formula is C26H34O4.